The fourth-order valence-corrected chi connectivity index (χ4v) is 13.4. The molecule has 0 spiro atoms. The molecule has 12 aromatic carbocycles. The lowest BCUT2D eigenvalue weighted by molar-refractivity contribution is -0.660. The summed E-state index contributed by atoms with van der Waals surface area (Å²) in [5.41, 5.74) is 23.1. The molecule has 6 nitrogen and oxygen atoms in total. The van der Waals surface area contributed by atoms with Gasteiger partial charge < -0.3 is 4.74 Å². The van der Waals surface area contributed by atoms with Crippen LogP contribution in [0.5, 0.6) is 11.5 Å². The number of fused-ring (bicyclic) bond motifs is 3. The van der Waals surface area contributed by atoms with E-state index in [2.05, 4.69) is 369 Å². The van der Waals surface area contributed by atoms with Crippen molar-refractivity contribution >= 4 is 21.8 Å². The normalized spacial score (nSPS) is 12.0. The topological polar surface area (TPSA) is 48.8 Å². The van der Waals surface area contributed by atoms with Gasteiger partial charge in [0, 0.05) is 28.6 Å². The molecule has 15 rings (SSSR count). The molecule has 0 fully saturated rings. The molecule has 0 amide bonds. The van der Waals surface area contributed by atoms with Crippen molar-refractivity contribution in [3.8, 4) is 118 Å². The Hall–Kier alpha value is -11.5. The van der Waals surface area contributed by atoms with E-state index in [0.29, 0.717) is 17.3 Å². The Labute approximate surface area is 570 Å². The first-order chi connectivity index (χ1) is 46.9. The van der Waals surface area contributed by atoms with Crippen molar-refractivity contribution in [3.05, 3.63) is 326 Å². The second-order valence-electron chi connectivity index (χ2n) is 28.6. The van der Waals surface area contributed by atoms with Gasteiger partial charge in [0.25, 0.3) is 6.33 Å². The maximum absolute atomic E-state index is 7.34. The van der Waals surface area contributed by atoms with Gasteiger partial charge in [-0.2, -0.15) is 4.68 Å². The van der Waals surface area contributed by atoms with Gasteiger partial charge in [0.15, 0.2) is 5.82 Å². The van der Waals surface area contributed by atoms with Gasteiger partial charge in [0.1, 0.15) is 17.3 Å². The molecule has 0 saturated carbocycles. The van der Waals surface area contributed by atoms with Crippen LogP contribution in [0.25, 0.3) is 128 Å². The van der Waals surface area contributed by atoms with Crippen LogP contribution in [0.2, 0.25) is 0 Å². The number of pyridine rings is 1. The lowest BCUT2D eigenvalue weighted by Crippen LogP contribution is -2.34. The Morgan fingerprint density at radius 3 is 1.32 bits per heavy atom. The van der Waals surface area contributed by atoms with Crippen LogP contribution in [0, 0.1) is 6.33 Å². The standard InChI is InChI=1S/C91H77N5O/c1-89(2,3)72-45-46-92-85(56-72)96-83-44-26-25-41-81(83)86-82(65-37-23-14-24-38-65)58-78(59-84(86)96)97-77-40-27-39-75(57-77)94-60-95(76-54-73(90(4,5)6)53-74(55-76)91(7,8)9)93-88(94)87-79(70-49-66(61-29-15-10-16-30-61)47-67(50-70)62-31-17-11-18-32-62)42-28-43-80(87)71-51-68(63-33-19-12-20-34-63)48-69(52-71)64-35-21-13-22-36-64/h10-59H,1-9H3. The van der Waals surface area contributed by atoms with Crippen molar-refractivity contribution in [1.82, 2.24) is 19.2 Å². The predicted molar refractivity (Wildman–Crippen MR) is 402 cm³/mol. The number of rotatable bonds is 13. The minimum Gasteiger partial charge on any atom is -0.458 e. The maximum Gasteiger partial charge on any atom is 0.273 e. The molecule has 0 N–H and O–H groups in total. The van der Waals surface area contributed by atoms with E-state index in [1.165, 1.54) is 16.7 Å². The second kappa shape index (κ2) is 25.0. The number of benzene rings is 12. The van der Waals surface area contributed by atoms with Crippen LogP contribution in [0.15, 0.2) is 303 Å². The minimum atomic E-state index is -0.168. The average molecular weight is 1260 g/mol. The Kier molecular flexibility index (Phi) is 15.9. The van der Waals surface area contributed by atoms with Crippen molar-refractivity contribution in [2.45, 2.75) is 78.6 Å². The summed E-state index contributed by atoms with van der Waals surface area (Å²) in [7, 11) is 0. The molecule has 3 heterocycles. The van der Waals surface area contributed by atoms with E-state index in [0.717, 1.165) is 122 Å². The highest BCUT2D eigenvalue weighted by atomic mass is 16.5. The van der Waals surface area contributed by atoms with Crippen LogP contribution in [0.3, 0.4) is 0 Å². The Morgan fingerprint density at radius 1 is 0.351 bits per heavy atom. The highest BCUT2D eigenvalue weighted by Gasteiger charge is 2.28. The first kappa shape index (κ1) is 61.7. The number of para-hydroxylation sites is 1. The average Bonchev–Trinajstić information content (AvgIpc) is 1.61. The van der Waals surface area contributed by atoms with Crippen molar-refractivity contribution in [1.29, 1.82) is 0 Å². The van der Waals surface area contributed by atoms with Crippen molar-refractivity contribution in [2.75, 3.05) is 0 Å². The van der Waals surface area contributed by atoms with E-state index in [-0.39, 0.29) is 16.2 Å². The fraction of sp³-hybridized carbons (Fsp3) is 0.132. The van der Waals surface area contributed by atoms with Gasteiger partial charge >= 0.3 is 0 Å². The Bertz CT molecular complexity index is 5100. The van der Waals surface area contributed by atoms with Gasteiger partial charge in [0.05, 0.1) is 22.4 Å². The van der Waals surface area contributed by atoms with Crippen LogP contribution < -0.4 is 9.42 Å². The summed E-state index contributed by atoms with van der Waals surface area (Å²) < 4.78 is 13.8. The van der Waals surface area contributed by atoms with Crippen LogP contribution >= 0.6 is 0 Å². The molecule has 0 unspecified atom stereocenters. The Balaban J connectivity index is 0.998. The second-order valence-corrected chi connectivity index (χ2v) is 28.6. The SMILES string of the molecule is CC(C)(C)c1cc(-[n+]2[c-]n(-c3cccc(Oc4cc(-c5ccccc5)c5c6ccccc6n(-c6cc(C(C)(C)C)ccn6)c5c4)c3)c(-c3c(-c4cc(-c5ccccc5)cc(-c5ccccc5)c4)cccc3-c3cc(-c4ccccc4)cc(-c4ccccc4)c3)n2)cc(C(C)(C)C)c1. The highest BCUT2D eigenvalue weighted by Crippen LogP contribution is 2.47. The van der Waals surface area contributed by atoms with Gasteiger partial charge in [-0.25, -0.2) is 4.98 Å². The zero-order chi connectivity index (χ0) is 66.6. The third-order valence-corrected chi connectivity index (χ3v) is 18.7. The molecule has 0 saturated heterocycles. The van der Waals surface area contributed by atoms with E-state index in [1.54, 1.807) is 0 Å². The molecule has 472 valence electrons. The van der Waals surface area contributed by atoms with Crippen LogP contribution in [-0.4, -0.2) is 19.2 Å². The fourth-order valence-electron chi connectivity index (χ4n) is 13.4. The van der Waals surface area contributed by atoms with E-state index in [9.17, 15) is 0 Å². The molecule has 0 aliphatic heterocycles. The van der Waals surface area contributed by atoms with Gasteiger partial charge in [-0.05, 0) is 184 Å². The lowest BCUT2D eigenvalue weighted by atomic mass is 9.80. The number of hydrogen-bond donors (Lipinski definition) is 0. The summed E-state index contributed by atoms with van der Waals surface area (Å²) in [5.74, 6) is 2.88. The summed E-state index contributed by atoms with van der Waals surface area (Å²) in [6, 6.07) is 107. The minimum absolute atomic E-state index is 0.0924. The number of aromatic nitrogens is 5. The van der Waals surface area contributed by atoms with E-state index < -0.39 is 0 Å². The molecule has 15 aromatic rings. The third kappa shape index (κ3) is 12.4. The molecule has 97 heavy (non-hydrogen) atoms. The molecule has 0 aliphatic rings. The summed E-state index contributed by atoms with van der Waals surface area (Å²) in [6.07, 6.45) is 5.87. The van der Waals surface area contributed by atoms with Crippen molar-refractivity contribution < 1.29 is 9.42 Å². The van der Waals surface area contributed by atoms with Gasteiger partial charge in [-0.15, -0.1) is 5.10 Å². The molecule has 3 aromatic heterocycles. The first-order valence-electron chi connectivity index (χ1n) is 33.6. The largest absolute Gasteiger partial charge is 0.458 e. The number of ether oxygens (including phenoxy) is 1. The zero-order valence-electron chi connectivity index (χ0n) is 56.5. The number of hydrogen-bond acceptors (Lipinski definition) is 3. The van der Waals surface area contributed by atoms with E-state index >= 15 is 0 Å². The van der Waals surface area contributed by atoms with E-state index in [1.807, 2.05) is 16.9 Å². The molecule has 0 atom stereocenters. The smallest absolute Gasteiger partial charge is 0.273 e. The zero-order valence-corrected chi connectivity index (χ0v) is 56.5. The summed E-state index contributed by atoms with van der Waals surface area (Å²) in [5, 5.41) is 8.18. The van der Waals surface area contributed by atoms with Crippen LogP contribution in [0.1, 0.15) is 79.0 Å². The molecule has 6 heteroatoms. The monoisotopic (exact) mass is 1260 g/mol. The third-order valence-electron chi connectivity index (χ3n) is 18.7. The molecular formula is C91H77N5O. The first-order valence-corrected chi connectivity index (χ1v) is 33.6. The quantitative estimate of drug-likeness (QED) is 0.0854. The Morgan fingerprint density at radius 2 is 0.814 bits per heavy atom. The van der Waals surface area contributed by atoms with Gasteiger partial charge in [-0.3, -0.25) is 9.13 Å². The summed E-state index contributed by atoms with van der Waals surface area (Å²) in [6.45, 7) is 20.5. The van der Waals surface area contributed by atoms with Gasteiger partial charge in [-0.1, -0.05) is 281 Å². The molecular weight excluding hydrogens is 1180 g/mol. The molecule has 0 radical (unpaired) electrons. The maximum atomic E-state index is 7.34. The number of nitrogens with zero attached hydrogens (tertiary/aromatic N) is 5. The molecule has 0 aliphatic carbocycles. The van der Waals surface area contributed by atoms with Crippen LogP contribution in [-0.2, 0) is 16.2 Å². The predicted octanol–water partition coefficient (Wildman–Crippen LogP) is 23.5. The molecule has 0 bridgehead atoms. The van der Waals surface area contributed by atoms with Crippen molar-refractivity contribution in [3.63, 3.8) is 0 Å². The lowest BCUT2D eigenvalue weighted by Gasteiger charge is -2.26. The summed E-state index contributed by atoms with van der Waals surface area (Å²) in [4.78, 5) is 5.08. The van der Waals surface area contributed by atoms with Crippen molar-refractivity contribution in [2.24, 2.45) is 0 Å². The van der Waals surface area contributed by atoms with Crippen LogP contribution in [0.4, 0.5) is 0 Å². The summed E-state index contributed by atoms with van der Waals surface area (Å²) >= 11 is 0. The van der Waals surface area contributed by atoms with Gasteiger partial charge in [0.2, 0.25) is 0 Å². The van der Waals surface area contributed by atoms with E-state index in [4.69, 9.17) is 14.8 Å². The highest BCUT2D eigenvalue weighted by molar-refractivity contribution is 6.16.